The molecule has 0 aromatic heterocycles. The van der Waals surface area contributed by atoms with Gasteiger partial charge in [0.15, 0.2) is 0 Å². The van der Waals surface area contributed by atoms with E-state index in [1.165, 1.54) is 61.3 Å². The fourth-order valence-electron chi connectivity index (χ4n) is 3.09. The first-order valence-corrected chi connectivity index (χ1v) is 8.60. The molecular formula is C20H25FN2. The Morgan fingerprint density at radius 1 is 0.826 bits per heavy atom. The minimum absolute atomic E-state index is 0.171. The Kier molecular flexibility index (Phi) is 5.65. The van der Waals surface area contributed by atoms with Crippen LogP contribution < -0.4 is 10.2 Å². The Labute approximate surface area is 138 Å². The molecule has 3 heteroatoms. The lowest BCUT2D eigenvalue weighted by atomic mass is 10.1. The molecule has 122 valence electrons. The molecule has 0 amide bonds. The lowest BCUT2D eigenvalue weighted by molar-refractivity contribution is 0.578. The Morgan fingerprint density at radius 3 is 2.17 bits per heavy atom. The number of anilines is 1. The number of halogens is 1. The minimum Gasteiger partial charge on any atom is -0.372 e. The van der Waals surface area contributed by atoms with Crippen molar-refractivity contribution in [3.8, 4) is 0 Å². The lowest BCUT2D eigenvalue weighted by Gasteiger charge is -2.28. The summed E-state index contributed by atoms with van der Waals surface area (Å²) in [5, 5.41) is 3.46. The SMILES string of the molecule is Fc1ccc(CCNCc2ccc(N3CCCCC3)cc2)cc1. The van der Waals surface area contributed by atoms with Crippen LogP contribution in [0.1, 0.15) is 30.4 Å². The number of nitrogens with one attached hydrogen (secondary N) is 1. The van der Waals surface area contributed by atoms with Gasteiger partial charge in [0.2, 0.25) is 0 Å². The highest BCUT2D eigenvalue weighted by Crippen LogP contribution is 2.20. The van der Waals surface area contributed by atoms with Gasteiger partial charge in [0.05, 0.1) is 0 Å². The van der Waals surface area contributed by atoms with Gasteiger partial charge in [-0.15, -0.1) is 0 Å². The third-order valence-corrected chi connectivity index (χ3v) is 4.49. The molecule has 0 saturated carbocycles. The van der Waals surface area contributed by atoms with E-state index < -0.39 is 0 Å². The molecule has 2 aromatic rings. The highest BCUT2D eigenvalue weighted by Gasteiger charge is 2.10. The Morgan fingerprint density at radius 2 is 1.48 bits per heavy atom. The number of rotatable bonds is 6. The zero-order valence-corrected chi connectivity index (χ0v) is 13.6. The maximum atomic E-state index is 12.8. The largest absolute Gasteiger partial charge is 0.372 e. The summed E-state index contributed by atoms with van der Waals surface area (Å²) in [6, 6.07) is 15.7. The summed E-state index contributed by atoms with van der Waals surface area (Å²) in [5.41, 5.74) is 3.82. The standard InChI is InChI=1S/C20H25FN2/c21-19-8-4-17(5-9-19)12-13-22-16-18-6-10-20(11-7-18)23-14-2-1-3-15-23/h4-11,22H,1-3,12-16H2. The van der Waals surface area contributed by atoms with Crippen LogP contribution in [-0.4, -0.2) is 19.6 Å². The minimum atomic E-state index is -0.171. The molecule has 23 heavy (non-hydrogen) atoms. The van der Waals surface area contributed by atoms with Crippen LogP contribution in [0.25, 0.3) is 0 Å². The molecule has 0 atom stereocenters. The lowest BCUT2D eigenvalue weighted by Crippen LogP contribution is -2.29. The Hall–Kier alpha value is -1.87. The molecule has 0 aliphatic carbocycles. The summed E-state index contributed by atoms with van der Waals surface area (Å²) in [6.45, 7) is 4.16. The molecule has 2 aromatic carbocycles. The molecule has 0 bridgehead atoms. The van der Waals surface area contributed by atoms with Crippen LogP contribution in [0.2, 0.25) is 0 Å². The predicted octanol–water partition coefficient (Wildman–Crippen LogP) is 4.15. The van der Waals surface area contributed by atoms with Crippen LogP contribution in [-0.2, 0) is 13.0 Å². The van der Waals surface area contributed by atoms with Crippen LogP contribution in [0.3, 0.4) is 0 Å². The highest BCUT2D eigenvalue weighted by molar-refractivity contribution is 5.47. The van der Waals surface area contributed by atoms with E-state index in [0.29, 0.717) is 0 Å². The average molecular weight is 312 g/mol. The molecule has 3 rings (SSSR count). The molecule has 1 heterocycles. The van der Waals surface area contributed by atoms with Gasteiger partial charge in [-0.3, -0.25) is 0 Å². The van der Waals surface area contributed by atoms with E-state index in [2.05, 4.69) is 34.5 Å². The third-order valence-electron chi connectivity index (χ3n) is 4.49. The van der Waals surface area contributed by atoms with Gasteiger partial charge in [-0.05, 0) is 67.6 Å². The van der Waals surface area contributed by atoms with Crippen molar-refractivity contribution in [1.29, 1.82) is 0 Å². The molecule has 1 fully saturated rings. The second kappa shape index (κ2) is 8.11. The molecule has 0 spiro atoms. The van der Waals surface area contributed by atoms with E-state index >= 15 is 0 Å². The number of hydrogen-bond donors (Lipinski definition) is 1. The molecule has 2 nitrogen and oxygen atoms in total. The molecule has 0 radical (unpaired) electrons. The second-order valence-electron chi connectivity index (χ2n) is 6.27. The van der Waals surface area contributed by atoms with Crippen molar-refractivity contribution in [2.45, 2.75) is 32.2 Å². The second-order valence-corrected chi connectivity index (χ2v) is 6.27. The quantitative estimate of drug-likeness (QED) is 0.806. The van der Waals surface area contributed by atoms with Crippen molar-refractivity contribution in [3.63, 3.8) is 0 Å². The Bertz CT molecular complexity index is 586. The summed E-state index contributed by atoms with van der Waals surface area (Å²) in [6.07, 6.45) is 4.91. The molecule has 0 unspecified atom stereocenters. The predicted molar refractivity (Wildman–Crippen MR) is 94.3 cm³/mol. The number of piperidine rings is 1. The van der Waals surface area contributed by atoms with Gasteiger partial charge < -0.3 is 10.2 Å². The zero-order chi connectivity index (χ0) is 15.9. The van der Waals surface area contributed by atoms with Gasteiger partial charge in [-0.2, -0.15) is 0 Å². The summed E-state index contributed by atoms with van der Waals surface area (Å²) in [7, 11) is 0. The van der Waals surface area contributed by atoms with Gasteiger partial charge >= 0.3 is 0 Å². The number of hydrogen-bond acceptors (Lipinski definition) is 2. The summed E-state index contributed by atoms with van der Waals surface area (Å²) >= 11 is 0. The van der Waals surface area contributed by atoms with E-state index in [1.54, 1.807) is 0 Å². The fourth-order valence-corrected chi connectivity index (χ4v) is 3.09. The summed E-state index contributed by atoms with van der Waals surface area (Å²) in [5.74, 6) is -0.171. The summed E-state index contributed by atoms with van der Waals surface area (Å²) < 4.78 is 12.8. The highest BCUT2D eigenvalue weighted by atomic mass is 19.1. The monoisotopic (exact) mass is 312 g/mol. The van der Waals surface area contributed by atoms with Gasteiger partial charge in [0.25, 0.3) is 0 Å². The fraction of sp³-hybridized carbons (Fsp3) is 0.400. The molecule has 1 saturated heterocycles. The van der Waals surface area contributed by atoms with Gasteiger partial charge in [-0.25, -0.2) is 4.39 Å². The normalized spacial score (nSPS) is 14.9. The molecule has 1 N–H and O–H groups in total. The molecule has 1 aliphatic heterocycles. The number of benzene rings is 2. The van der Waals surface area contributed by atoms with Crippen molar-refractivity contribution in [2.24, 2.45) is 0 Å². The van der Waals surface area contributed by atoms with E-state index in [1.807, 2.05) is 12.1 Å². The van der Waals surface area contributed by atoms with Crippen LogP contribution >= 0.6 is 0 Å². The first kappa shape index (κ1) is 16.0. The van der Waals surface area contributed by atoms with Crippen molar-refractivity contribution in [1.82, 2.24) is 5.32 Å². The maximum absolute atomic E-state index is 12.8. The number of nitrogens with zero attached hydrogens (tertiary/aromatic N) is 1. The van der Waals surface area contributed by atoms with Gasteiger partial charge in [0.1, 0.15) is 5.82 Å². The van der Waals surface area contributed by atoms with Crippen LogP contribution in [0.15, 0.2) is 48.5 Å². The molecular weight excluding hydrogens is 287 g/mol. The van der Waals surface area contributed by atoms with Crippen molar-refractivity contribution < 1.29 is 4.39 Å². The maximum Gasteiger partial charge on any atom is 0.123 e. The van der Waals surface area contributed by atoms with Crippen LogP contribution in [0.4, 0.5) is 10.1 Å². The van der Waals surface area contributed by atoms with Gasteiger partial charge in [0, 0.05) is 25.3 Å². The van der Waals surface area contributed by atoms with E-state index in [-0.39, 0.29) is 5.82 Å². The van der Waals surface area contributed by atoms with Crippen molar-refractivity contribution in [2.75, 3.05) is 24.5 Å². The smallest absolute Gasteiger partial charge is 0.123 e. The zero-order valence-electron chi connectivity index (χ0n) is 13.6. The van der Waals surface area contributed by atoms with E-state index in [0.717, 1.165) is 19.5 Å². The van der Waals surface area contributed by atoms with Crippen LogP contribution in [0.5, 0.6) is 0 Å². The van der Waals surface area contributed by atoms with Crippen molar-refractivity contribution in [3.05, 3.63) is 65.5 Å². The van der Waals surface area contributed by atoms with E-state index in [4.69, 9.17) is 0 Å². The third kappa shape index (κ3) is 4.80. The first-order valence-electron chi connectivity index (χ1n) is 8.60. The Balaban J connectivity index is 1.42. The topological polar surface area (TPSA) is 15.3 Å². The van der Waals surface area contributed by atoms with Crippen LogP contribution in [0, 0.1) is 5.82 Å². The first-order chi connectivity index (χ1) is 11.3. The van der Waals surface area contributed by atoms with E-state index in [9.17, 15) is 4.39 Å². The van der Waals surface area contributed by atoms with Gasteiger partial charge in [-0.1, -0.05) is 24.3 Å². The molecule has 1 aliphatic rings. The average Bonchev–Trinajstić information content (AvgIpc) is 2.62. The van der Waals surface area contributed by atoms with Crippen molar-refractivity contribution >= 4 is 5.69 Å². The summed E-state index contributed by atoms with van der Waals surface area (Å²) in [4.78, 5) is 2.48.